The van der Waals surface area contributed by atoms with E-state index in [4.69, 9.17) is 10.5 Å². The van der Waals surface area contributed by atoms with E-state index in [0.29, 0.717) is 17.2 Å². The van der Waals surface area contributed by atoms with Gasteiger partial charge in [-0.05, 0) is 33.2 Å². The zero-order valence-corrected chi connectivity index (χ0v) is 19.1. The fourth-order valence-corrected chi connectivity index (χ4v) is 5.22. The summed E-state index contributed by atoms with van der Waals surface area (Å²) in [6.07, 6.45) is 2.83. The summed E-state index contributed by atoms with van der Waals surface area (Å²) in [5.74, 6) is 0.131. The van der Waals surface area contributed by atoms with Crippen molar-refractivity contribution in [2.45, 2.75) is 17.5 Å². The van der Waals surface area contributed by atoms with E-state index in [1.54, 1.807) is 19.2 Å². The predicted octanol–water partition coefficient (Wildman–Crippen LogP) is 2.05. The number of hydrogen-bond acceptors (Lipinski definition) is 8. The van der Waals surface area contributed by atoms with Crippen LogP contribution in [-0.4, -0.2) is 54.2 Å². The van der Waals surface area contributed by atoms with Crippen LogP contribution in [0.25, 0.3) is 6.08 Å². The molecule has 2 unspecified atom stereocenters. The number of nitrogens with zero attached hydrogens (tertiary/aromatic N) is 5. The Morgan fingerprint density at radius 3 is 2.35 bits per heavy atom. The number of benzene rings is 2. The van der Waals surface area contributed by atoms with Crippen molar-refractivity contribution in [3.05, 3.63) is 95.0 Å². The number of tetrazole rings is 1. The third-order valence-electron chi connectivity index (χ3n) is 5.75. The average molecular weight is 475 g/mol. The molecule has 2 N–H and O–H groups in total. The molecule has 1 saturated heterocycles. The number of hydrogen-bond donors (Lipinski definition) is 1. The van der Waals surface area contributed by atoms with Crippen molar-refractivity contribution in [2.24, 2.45) is 12.8 Å². The van der Waals surface area contributed by atoms with Crippen LogP contribution >= 0.6 is 11.8 Å². The molecule has 0 bridgehead atoms. The first-order valence-corrected chi connectivity index (χ1v) is 11.7. The monoisotopic (exact) mass is 474 g/mol. The molecule has 10 heteroatoms. The number of allylic oxidation sites excluding steroid dienone is 1. The minimum Gasteiger partial charge on any atom is -0.448 e. The van der Waals surface area contributed by atoms with Crippen LogP contribution < -0.4 is 5.73 Å². The number of aromatic nitrogens is 4. The normalized spacial score (nSPS) is 20.0. The lowest BCUT2D eigenvalue weighted by molar-refractivity contribution is -0.153. The summed E-state index contributed by atoms with van der Waals surface area (Å²) < 4.78 is 7.58. The van der Waals surface area contributed by atoms with Crippen molar-refractivity contribution in [1.29, 1.82) is 0 Å². The first kappa shape index (κ1) is 22.1. The minimum absolute atomic E-state index is 0.207. The zero-order chi connectivity index (χ0) is 23.7. The van der Waals surface area contributed by atoms with E-state index in [0.717, 1.165) is 11.1 Å². The number of amides is 1. The highest BCUT2D eigenvalue weighted by Crippen LogP contribution is 2.41. The predicted molar refractivity (Wildman–Crippen MR) is 127 cm³/mol. The Hall–Kier alpha value is -3.76. The Morgan fingerprint density at radius 1 is 1.12 bits per heavy atom. The molecule has 0 aliphatic carbocycles. The number of fused-ring (bicyclic) bond motifs is 1. The molecule has 1 aromatic heterocycles. The van der Waals surface area contributed by atoms with Gasteiger partial charge in [0, 0.05) is 12.8 Å². The molecular formula is C24H22N6O3S. The number of esters is 1. The van der Waals surface area contributed by atoms with Crippen LogP contribution in [0, 0.1) is 0 Å². The molecule has 172 valence electrons. The highest BCUT2D eigenvalue weighted by molar-refractivity contribution is 8.00. The molecule has 3 aromatic rings. The van der Waals surface area contributed by atoms with Crippen LogP contribution in [0.4, 0.5) is 0 Å². The molecular weight excluding hydrogens is 452 g/mol. The maximum atomic E-state index is 13.6. The van der Waals surface area contributed by atoms with Gasteiger partial charge in [0.15, 0.2) is 11.9 Å². The fraction of sp³-hybridized carbons (Fsp3) is 0.208. The van der Waals surface area contributed by atoms with Gasteiger partial charge in [0.2, 0.25) is 5.91 Å². The van der Waals surface area contributed by atoms with E-state index in [1.165, 1.54) is 21.3 Å². The van der Waals surface area contributed by atoms with Gasteiger partial charge in [0.05, 0.1) is 0 Å². The van der Waals surface area contributed by atoms with Crippen molar-refractivity contribution >= 4 is 29.7 Å². The van der Waals surface area contributed by atoms with Gasteiger partial charge in [-0.2, -0.15) is 0 Å². The van der Waals surface area contributed by atoms with E-state index in [2.05, 4.69) is 15.5 Å². The average Bonchev–Trinajstić information content (AvgIpc) is 3.30. The first-order valence-electron chi connectivity index (χ1n) is 10.7. The molecule has 9 nitrogen and oxygen atoms in total. The Bertz CT molecular complexity index is 1230. The highest BCUT2D eigenvalue weighted by atomic mass is 32.2. The van der Waals surface area contributed by atoms with Crippen LogP contribution in [0.15, 0.2) is 78.0 Å². The van der Waals surface area contributed by atoms with Gasteiger partial charge in [-0.1, -0.05) is 66.7 Å². The maximum absolute atomic E-state index is 13.6. The number of rotatable bonds is 6. The lowest BCUT2D eigenvalue weighted by atomic mass is 10.0. The Labute approximate surface area is 200 Å². The van der Waals surface area contributed by atoms with E-state index in [-0.39, 0.29) is 17.0 Å². The van der Waals surface area contributed by atoms with E-state index < -0.39 is 18.1 Å². The molecule has 5 rings (SSSR count). The minimum atomic E-state index is -0.639. The standard InChI is InChI=1S/C24H22N6O3S/c1-29-18(26-27-28-29)13-12-17-14-34-23-19(25)22(31)30(23)20(17)24(32)33-21(15-8-4-2-5-9-15)16-10-6-3-7-11-16/h2-13,19,21,23H,14,25H2,1H3/b13-12+. The molecule has 3 heterocycles. The van der Waals surface area contributed by atoms with Crippen LogP contribution in [0.5, 0.6) is 0 Å². The van der Waals surface area contributed by atoms with Gasteiger partial charge in [-0.3, -0.25) is 9.69 Å². The Morgan fingerprint density at radius 2 is 1.76 bits per heavy atom. The van der Waals surface area contributed by atoms with Crippen molar-refractivity contribution in [3.8, 4) is 0 Å². The Balaban J connectivity index is 1.52. The molecule has 34 heavy (non-hydrogen) atoms. The summed E-state index contributed by atoms with van der Waals surface area (Å²) in [5, 5.41) is 11.1. The van der Waals surface area contributed by atoms with E-state index in [9.17, 15) is 9.59 Å². The van der Waals surface area contributed by atoms with E-state index >= 15 is 0 Å². The van der Waals surface area contributed by atoms with E-state index in [1.807, 2.05) is 60.7 Å². The summed E-state index contributed by atoms with van der Waals surface area (Å²) in [6, 6.07) is 18.4. The maximum Gasteiger partial charge on any atom is 0.356 e. The smallest absolute Gasteiger partial charge is 0.356 e. The molecule has 0 spiro atoms. The molecule has 2 aliphatic rings. The van der Waals surface area contributed by atoms with Crippen molar-refractivity contribution in [2.75, 3.05) is 5.75 Å². The number of ether oxygens (including phenoxy) is 1. The summed E-state index contributed by atoms with van der Waals surface area (Å²) in [4.78, 5) is 27.7. The van der Waals surface area contributed by atoms with Gasteiger partial charge in [-0.25, -0.2) is 9.48 Å². The third kappa shape index (κ3) is 4.02. The van der Waals surface area contributed by atoms with Crippen LogP contribution in [-0.2, 0) is 21.4 Å². The number of carbonyl (C=O) groups excluding carboxylic acids is 2. The Kier molecular flexibility index (Phi) is 5.99. The van der Waals surface area contributed by atoms with Crippen molar-refractivity contribution < 1.29 is 14.3 Å². The van der Waals surface area contributed by atoms with Crippen molar-refractivity contribution in [1.82, 2.24) is 25.1 Å². The second-order valence-corrected chi connectivity index (χ2v) is 9.02. The highest BCUT2D eigenvalue weighted by Gasteiger charge is 2.52. The first-order chi connectivity index (χ1) is 16.5. The van der Waals surface area contributed by atoms with Gasteiger partial charge in [-0.15, -0.1) is 16.9 Å². The van der Waals surface area contributed by atoms with Gasteiger partial charge in [0.25, 0.3) is 0 Å². The summed E-state index contributed by atoms with van der Waals surface area (Å²) >= 11 is 1.51. The number of β-lactam (4-membered cyclic amide) rings is 1. The number of thioether (sulfide) groups is 1. The molecule has 2 aromatic carbocycles. The second kappa shape index (κ2) is 9.24. The fourth-order valence-electron chi connectivity index (χ4n) is 3.96. The summed E-state index contributed by atoms with van der Waals surface area (Å²) in [6.45, 7) is 0. The second-order valence-electron chi connectivity index (χ2n) is 7.91. The van der Waals surface area contributed by atoms with Gasteiger partial charge in [0.1, 0.15) is 17.1 Å². The molecule has 0 radical (unpaired) electrons. The summed E-state index contributed by atoms with van der Waals surface area (Å²) in [7, 11) is 1.72. The van der Waals surface area contributed by atoms with Crippen LogP contribution in [0.1, 0.15) is 23.1 Å². The molecule has 2 aliphatic heterocycles. The van der Waals surface area contributed by atoms with Crippen LogP contribution in [0.2, 0.25) is 0 Å². The lowest BCUT2D eigenvalue weighted by Gasteiger charge is -2.48. The number of nitrogens with two attached hydrogens (primary N) is 1. The quantitative estimate of drug-likeness (QED) is 0.426. The molecule has 1 amide bonds. The topological polar surface area (TPSA) is 116 Å². The number of carbonyl (C=O) groups is 2. The molecule has 2 atom stereocenters. The van der Waals surface area contributed by atoms with Crippen molar-refractivity contribution in [3.63, 3.8) is 0 Å². The van der Waals surface area contributed by atoms with Gasteiger partial charge >= 0.3 is 5.97 Å². The molecule has 1 fully saturated rings. The zero-order valence-electron chi connectivity index (χ0n) is 18.3. The summed E-state index contributed by atoms with van der Waals surface area (Å²) in [5.41, 5.74) is 8.52. The molecule has 0 saturated carbocycles. The van der Waals surface area contributed by atoms with Crippen LogP contribution in [0.3, 0.4) is 0 Å². The largest absolute Gasteiger partial charge is 0.448 e. The van der Waals surface area contributed by atoms with Gasteiger partial charge < -0.3 is 10.5 Å². The number of aryl methyl sites for hydroxylation is 1. The SMILES string of the molecule is Cn1nnnc1/C=C/C1=C(C(=O)OC(c2ccccc2)c2ccccc2)N2C(=O)C(N)C2SC1. The lowest BCUT2D eigenvalue weighted by Crippen LogP contribution is -2.68. The third-order valence-corrected chi connectivity index (χ3v) is 7.07.